The lowest BCUT2D eigenvalue weighted by molar-refractivity contribution is 0.208. The summed E-state index contributed by atoms with van der Waals surface area (Å²) in [6, 6.07) is 10.3. The maximum absolute atomic E-state index is 4.45. The standard InChI is InChI=1S/C19H27N5/c1-23-12-5-6-16(15-23)14-18-8-9-19(22-21-18)24(2)13-10-17-7-3-4-11-20-17/h3-4,7-9,11,16H,5-6,10,12-15H2,1-2H3/t16-/m1/s1. The fraction of sp³-hybridized carbons (Fsp3) is 0.526. The number of likely N-dealkylation sites (N-methyl/N-ethyl adjacent to an activating group) is 1. The van der Waals surface area contributed by atoms with E-state index in [0.717, 1.165) is 36.6 Å². The van der Waals surface area contributed by atoms with Crippen LogP contribution in [0.5, 0.6) is 0 Å². The van der Waals surface area contributed by atoms with E-state index in [1.807, 2.05) is 18.3 Å². The van der Waals surface area contributed by atoms with Crippen molar-refractivity contribution in [3.05, 3.63) is 47.9 Å². The molecule has 0 radical (unpaired) electrons. The van der Waals surface area contributed by atoms with Crippen LogP contribution in [-0.2, 0) is 12.8 Å². The van der Waals surface area contributed by atoms with Crippen molar-refractivity contribution in [1.29, 1.82) is 0 Å². The monoisotopic (exact) mass is 325 g/mol. The second-order valence-corrected chi connectivity index (χ2v) is 6.85. The highest BCUT2D eigenvalue weighted by atomic mass is 15.2. The molecule has 5 nitrogen and oxygen atoms in total. The van der Waals surface area contributed by atoms with Gasteiger partial charge in [0.15, 0.2) is 5.82 Å². The number of anilines is 1. The number of aromatic nitrogens is 3. The van der Waals surface area contributed by atoms with Gasteiger partial charge in [0.25, 0.3) is 0 Å². The topological polar surface area (TPSA) is 45.2 Å². The quantitative estimate of drug-likeness (QED) is 0.816. The van der Waals surface area contributed by atoms with E-state index in [1.54, 1.807) is 0 Å². The molecular weight excluding hydrogens is 298 g/mol. The Bertz CT molecular complexity index is 613. The molecular formula is C19H27N5. The van der Waals surface area contributed by atoms with Crippen LogP contribution in [0.4, 0.5) is 5.82 Å². The highest BCUT2D eigenvalue weighted by molar-refractivity contribution is 5.36. The van der Waals surface area contributed by atoms with Crippen LogP contribution in [0.2, 0.25) is 0 Å². The van der Waals surface area contributed by atoms with Gasteiger partial charge in [-0.05, 0) is 63.0 Å². The van der Waals surface area contributed by atoms with Crippen molar-refractivity contribution in [2.24, 2.45) is 5.92 Å². The van der Waals surface area contributed by atoms with E-state index >= 15 is 0 Å². The number of hydrogen-bond donors (Lipinski definition) is 0. The summed E-state index contributed by atoms with van der Waals surface area (Å²) in [5.74, 6) is 1.64. The van der Waals surface area contributed by atoms with Gasteiger partial charge in [0, 0.05) is 38.4 Å². The average molecular weight is 325 g/mol. The maximum atomic E-state index is 4.45. The minimum Gasteiger partial charge on any atom is -0.358 e. The van der Waals surface area contributed by atoms with Crippen molar-refractivity contribution in [2.45, 2.75) is 25.7 Å². The smallest absolute Gasteiger partial charge is 0.150 e. The number of pyridine rings is 1. The van der Waals surface area contributed by atoms with Crippen LogP contribution in [0.1, 0.15) is 24.2 Å². The molecule has 1 saturated heterocycles. The lowest BCUT2D eigenvalue weighted by Gasteiger charge is -2.29. The van der Waals surface area contributed by atoms with E-state index in [4.69, 9.17) is 0 Å². The van der Waals surface area contributed by atoms with Crippen molar-refractivity contribution >= 4 is 5.82 Å². The summed E-state index contributed by atoms with van der Waals surface area (Å²) in [6.45, 7) is 3.29. The maximum Gasteiger partial charge on any atom is 0.150 e. The molecule has 24 heavy (non-hydrogen) atoms. The lowest BCUT2D eigenvalue weighted by atomic mass is 9.94. The molecule has 0 amide bonds. The largest absolute Gasteiger partial charge is 0.358 e. The number of piperidine rings is 1. The molecule has 1 aliphatic heterocycles. The molecule has 128 valence electrons. The van der Waals surface area contributed by atoms with Crippen molar-refractivity contribution in [3.8, 4) is 0 Å². The molecule has 2 aromatic rings. The normalized spacial score (nSPS) is 18.5. The molecule has 5 heteroatoms. The summed E-state index contributed by atoms with van der Waals surface area (Å²) in [4.78, 5) is 8.92. The third kappa shape index (κ3) is 4.74. The highest BCUT2D eigenvalue weighted by Gasteiger charge is 2.18. The van der Waals surface area contributed by atoms with Crippen LogP contribution >= 0.6 is 0 Å². The molecule has 0 unspecified atom stereocenters. The van der Waals surface area contributed by atoms with Crippen LogP contribution < -0.4 is 4.90 Å². The van der Waals surface area contributed by atoms with Gasteiger partial charge in [0.2, 0.25) is 0 Å². The third-order valence-electron chi connectivity index (χ3n) is 4.75. The molecule has 0 aliphatic carbocycles. The van der Waals surface area contributed by atoms with Crippen LogP contribution in [-0.4, -0.2) is 53.8 Å². The summed E-state index contributed by atoms with van der Waals surface area (Å²) in [6.07, 6.45) is 6.39. The zero-order valence-electron chi connectivity index (χ0n) is 14.7. The number of hydrogen-bond acceptors (Lipinski definition) is 5. The first-order valence-corrected chi connectivity index (χ1v) is 8.83. The van der Waals surface area contributed by atoms with Gasteiger partial charge in [-0.2, -0.15) is 5.10 Å². The molecule has 0 N–H and O–H groups in total. The first-order chi connectivity index (χ1) is 11.7. The zero-order valence-corrected chi connectivity index (χ0v) is 14.7. The molecule has 0 aromatic carbocycles. The van der Waals surface area contributed by atoms with Crippen molar-refractivity contribution in [1.82, 2.24) is 20.1 Å². The Morgan fingerprint density at radius 1 is 1.17 bits per heavy atom. The third-order valence-corrected chi connectivity index (χ3v) is 4.75. The lowest BCUT2D eigenvalue weighted by Crippen LogP contribution is -2.33. The fourth-order valence-electron chi connectivity index (χ4n) is 3.34. The van der Waals surface area contributed by atoms with Gasteiger partial charge in [-0.15, -0.1) is 5.10 Å². The van der Waals surface area contributed by atoms with Crippen molar-refractivity contribution in [3.63, 3.8) is 0 Å². The Kier molecular flexibility index (Phi) is 5.75. The Morgan fingerprint density at radius 2 is 2.08 bits per heavy atom. The first-order valence-electron chi connectivity index (χ1n) is 8.83. The molecule has 1 aliphatic rings. The van der Waals surface area contributed by atoms with Crippen LogP contribution in [0.3, 0.4) is 0 Å². The van der Waals surface area contributed by atoms with Crippen molar-refractivity contribution < 1.29 is 0 Å². The van der Waals surface area contributed by atoms with Gasteiger partial charge in [-0.3, -0.25) is 4.98 Å². The minimum absolute atomic E-state index is 0.714. The minimum atomic E-state index is 0.714. The van der Waals surface area contributed by atoms with Gasteiger partial charge in [-0.1, -0.05) is 6.07 Å². The average Bonchev–Trinajstić information content (AvgIpc) is 2.61. The molecule has 1 atom stereocenters. The molecule has 0 spiro atoms. The van der Waals surface area contributed by atoms with E-state index in [2.05, 4.69) is 57.3 Å². The number of likely N-dealkylation sites (tertiary alicyclic amines) is 1. The molecule has 1 fully saturated rings. The summed E-state index contributed by atoms with van der Waals surface area (Å²) < 4.78 is 0. The summed E-state index contributed by atoms with van der Waals surface area (Å²) in [5, 5.41) is 8.87. The molecule has 0 bridgehead atoms. The summed E-state index contributed by atoms with van der Waals surface area (Å²) in [5.41, 5.74) is 2.22. The van der Waals surface area contributed by atoms with E-state index in [-0.39, 0.29) is 0 Å². The van der Waals surface area contributed by atoms with Gasteiger partial charge in [-0.25, -0.2) is 0 Å². The number of nitrogens with zero attached hydrogens (tertiary/aromatic N) is 5. The predicted molar refractivity (Wildman–Crippen MR) is 97.2 cm³/mol. The van der Waals surface area contributed by atoms with Crippen LogP contribution in [0, 0.1) is 5.92 Å². The van der Waals surface area contributed by atoms with Gasteiger partial charge in [0.1, 0.15) is 0 Å². The Balaban J connectivity index is 1.51. The predicted octanol–water partition coefficient (Wildman–Crippen LogP) is 2.43. The molecule has 0 saturated carbocycles. The van der Waals surface area contributed by atoms with E-state index in [1.165, 1.54) is 25.9 Å². The van der Waals surface area contributed by atoms with Gasteiger partial charge >= 0.3 is 0 Å². The highest BCUT2D eigenvalue weighted by Crippen LogP contribution is 2.19. The Hall–Kier alpha value is -2.01. The Morgan fingerprint density at radius 3 is 2.79 bits per heavy atom. The SMILES string of the molecule is CN1CCC[C@H](Cc2ccc(N(C)CCc3ccccn3)nn2)C1. The number of rotatable bonds is 6. The summed E-state index contributed by atoms with van der Waals surface area (Å²) >= 11 is 0. The van der Waals surface area contributed by atoms with E-state index in [9.17, 15) is 0 Å². The first kappa shape index (κ1) is 16.8. The van der Waals surface area contributed by atoms with Crippen LogP contribution in [0.15, 0.2) is 36.5 Å². The molecule has 3 heterocycles. The van der Waals surface area contributed by atoms with Crippen LogP contribution in [0.25, 0.3) is 0 Å². The molecule has 2 aromatic heterocycles. The fourth-order valence-corrected chi connectivity index (χ4v) is 3.34. The van der Waals surface area contributed by atoms with E-state index in [0.29, 0.717) is 5.92 Å². The van der Waals surface area contributed by atoms with Gasteiger partial charge < -0.3 is 9.80 Å². The van der Waals surface area contributed by atoms with Gasteiger partial charge in [0.05, 0.1) is 5.69 Å². The van der Waals surface area contributed by atoms with E-state index < -0.39 is 0 Å². The second-order valence-electron chi connectivity index (χ2n) is 6.85. The second kappa shape index (κ2) is 8.20. The zero-order chi connectivity index (χ0) is 16.8. The van der Waals surface area contributed by atoms with Crippen molar-refractivity contribution in [2.75, 3.05) is 38.6 Å². The Labute approximate surface area is 144 Å². The summed E-state index contributed by atoms with van der Waals surface area (Å²) in [7, 11) is 4.26. The molecule has 3 rings (SSSR count).